The van der Waals surface area contributed by atoms with E-state index >= 15 is 0 Å². The number of carbonyl (C=O) groups is 3. The van der Waals surface area contributed by atoms with Gasteiger partial charge in [-0.2, -0.15) is 0 Å². The Morgan fingerprint density at radius 2 is 1.76 bits per heavy atom. The standard InChI is InChI=1S/C13H15BrN2O5/c1-2-20-8-12(18)21-7-11(17)15-16-13(19)9-3-5-10(14)6-4-9/h3-6H,2,7-8H2,1H3,(H,15,17)(H,16,19). The third-order valence-electron chi connectivity index (χ3n) is 2.21. The molecule has 0 aliphatic rings. The van der Waals surface area contributed by atoms with E-state index in [4.69, 9.17) is 4.74 Å². The quantitative estimate of drug-likeness (QED) is 0.579. The summed E-state index contributed by atoms with van der Waals surface area (Å²) in [5.74, 6) is -1.77. The molecule has 1 aromatic carbocycles. The Morgan fingerprint density at radius 3 is 2.38 bits per heavy atom. The van der Waals surface area contributed by atoms with Gasteiger partial charge in [-0.3, -0.25) is 20.4 Å². The van der Waals surface area contributed by atoms with E-state index in [0.29, 0.717) is 12.2 Å². The maximum atomic E-state index is 11.7. The van der Waals surface area contributed by atoms with E-state index < -0.39 is 24.4 Å². The van der Waals surface area contributed by atoms with E-state index in [9.17, 15) is 14.4 Å². The summed E-state index contributed by atoms with van der Waals surface area (Å²) in [7, 11) is 0. The Labute approximate surface area is 130 Å². The van der Waals surface area contributed by atoms with Crippen molar-refractivity contribution in [3.8, 4) is 0 Å². The highest BCUT2D eigenvalue weighted by Crippen LogP contribution is 2.09. The summed E-state index contributed by atoms with van der Waals surface area (Å²) in [6.45, 7) is 1.41. The fraction of sp³-hybridized carbons (Fsp3) is 0.308. The second-order valence-electron chi connectivity index (χ2n) is 3.81. The lowest BCUT2D eigenvalue weighted by molar-refractivity contribution is -0.152. The van der Waals surface area contributed by atoms with Gasteiger partial charge in [-0.05, 0) is 31.2 Å². The predicted molar refractivity (Wildman–Crippen MR) is 77.2 cm³/mol. The molecule has 21 heavy (non-hydrogen) atoms. The maximum Gasteiger partial charge on any atom is 0.332 e. The molecule has 0 unspecified atom stereocenters. The van der Waals surface area contributed by atoms with Crippen LogP contribution in [0, 0.1) is 0 Å². The summed E-state index contributed by atoms with van der Waals surface area (Å²) in [5.41, 5.74) is 4.73. The molecule has 0 aromatic heterocycles. The average molecular weight is 359 g/mol. The Balaban J connectivity index is 2.28. The molecule has 0 aliphatic heterocycles. The van der Waals surface area contributed by atoms with Crippen LogP contribution in [0.2, 0.25) is 0 Å². The highest BCUT2D eigenvalue weighted by Gasteiger charge is 2.09. The Hall–Kier alpha value is -1.93. The van der Waals surface area contributed by atoms with Crippen LogP contribution in [0.3, 0.4) is 0 Å². The van der Waals surface area contributed by atoms with E-state index in [-0.39, 0.29) is 6.61 Å². The van der Waals surface area contributed by atoms with Crippen molar-refractivity contribution in [2.24, 2.45) is 0 Å². The van der Waals surface area contributed by atoms with Crippen molar-refractivity contribution in [1.82, 2.24) is 10.9 Å². The van der Waals surface area contributed by atoms with Crippen molar-refractivity contribution >= 4 is 33.7 Å². The molecule has 0 atom stereocenters. The van der Waals surface area contributed by atoms with Gasteiger partial charge in [-0.15, -0.1) is 0 Å². The largest absolute Gasteiger partial charge is 0.454 e. The van der Waals surface area contributed by atoms with Crippen molar-refractivity contribution in [2.45, 2.75) is 6.92 Å². The Kier molecular flexibility index (Phi) is 7.41. The van der Waals surface area contributed by atoms with Crippen molar-refractivity contribution in [3.05, 3.63) is 34.3 Å². The molecule has 1 rings (SSSR count). The molecular weight excluding hydrogens is 344 g/mol. The van der Waals surface area contributed by atoms with E-state index in [1.165, 1.54) is 0 Å². The zero-order chi connectivity index (χ0) is 15.7. The minimum absolute atomic E-state index is 0.213. The van der Waals surface area contributed by atoms with Crippen molar-refractivity contribution < 1.29 is 23.9 Å². The van der Waals surface area contributed by atoms with Crippen LogP contribution < -0.4 is 10.9 Å². The number of halogens is 1. The maximum absolute atomic E-state index is 11.7. The molecule has 0 radical (unpaired) electrons. The van der Waals surface area contributed by atoms with Gasteiger partial charge in [0.15, 0.2) is 6.61 Å². The Bertz CT molecular complexity index is 504. The molecule has 2 N–H and O–H groups in total. The molecule has 8 heteroatoms. The molecule has 0 fully saturated rings. The first-order chi connectivity index (χ1) is 10.0. The Morgan fingerprint density at radius 1 is 1.10 bits per heavy atom. The van der Waals surface area contributed by atoms with Gasteiger partial charge < -0.3 is 9.47 Å². The van der Waals surface area contributed by atoms with E-state index in [0.717, 1.165) is 4.47 Å². The number of hydrazine groups is 1. The molecule has 0 aliphatic carbocycles. The van der Waals surface area contributed by atoms with Gasteiger partial charge in [0.2, 0.25) is 0 Å². The van der Waals surface area contributed by atoms with E-state index in [1.54, 1.807) is 31.2 Å². The number of hydrogen-bond acceptors (Lipinski definition) is 5. The summed E-state index contributed by atoms with van der Waals surface area (Å²) in [6.07, 6.45) is 0. The summed E-state index contributed by atoms with van der Waals surface area (Å²) in [5, 5.41) is 0. The van der Waals surface area contributed by atoms with Crippen LogP contribution in [-0.4, -0.2) is 37.6 Å². The zero-order valence-corrected chi connectivity index (χ0v) is 12.9. The van der Waals surface area contributed by atoms with Gasteiger partial charge in [0.05, 0.1) is 0 Å². The minimum Gasteiger partial charge on any atom is -0.454 e. The van der Waals surface area contributed by atoms with Crippen LogP contribution >= 0.6 is 15.9 Å². The van der Waals surface area contributed by atoms with Gasteiger partial charge >= 0.3 is 5.97 Å². The predicted octanol–water partition coefficient (Wildman–Crippen LogP) is 0.790. The number of amides is 2. The van der Waals surface area contributed by atoms with Gasteiger partial charge in [0, 0.05) is 16.6 Å². The fourth-order valence-corrected chi connectivity index (χ4v) is 1.47. The topological polar surface area (TPSA) is 93.7 Å². The molecule has 1 aromatic rings. The van der Waals surface area contributed by atoms with Crippen molar-refractivity contribution in [3.63, 3.8) is 0 Å². The third kappa shape index (κ3) is 6.87. The van der Waals surface area contributed by atoms with Crippen LogP contribution in [0.4, 0.5) is 0 Å². The number of esters is 1. The molecular formula is C13H15BrN2O5. The second-order valence-corrected chi connectivity index (χ2v) is 4.72. The summed E-state index contributed by atoms with van der Waals surface area (Å²) < 4.78 is 10.3. The zero-order valence-electron chi connectivity index (χ0n) is 11.3. The fourth-order valence-electron chi connectivity index (χ4n) is 1.21. The lowest BCUT2D eigenvalue weighted by Gasteiger charge is -2.08. The molecule has 7 nitrogen and oxygen atoms in total. The van der Waals surface area contributed by atoms with Crippen molar-refractivity contribution in [1.29, 1.82) is 0 Å². The van der Waals surface area contributed by atoms with Crippen LogP contribution in [-0.2, 0) is 19.1 Å². The number of hydrogen-bond donors (Lipinski definition) is 2. The lowest BCUT2D eigenvalue weighted by atomic mass is 10.2. The van der Waals surface area contributed by atoms with Crippen LogP contribution in [0.5, 0.6) is 0 Å². The first kappa shape index (κ1) is 17.1. The molecule has 0 spiro atoms. The normalized spacial score (nSPS) is 9.81. The third-order valence-corrected chi connectivity index (χ3v) is 2.74. The number of benzene rings is 1. The highest BCUT2D eigenvalue weighted by atomic mass is 79.9. The average Bonchev–Trinajstić information content (AvgIpc) is 2.49. The van der Waals surface area contributed by atoms with Crippen LogP contribution in [0.1, 0.15) is 17.3 Å². The lowest BCUT2D eigenvalue weighted by Crippen LogP contribution is -2.43. The smallest absolute Gasteiger partial charge is 0.332 e. The van der Waals surface area contributed by atoms with Gasteiger partial charge in [-0.25, -0.2) is 4.79 Å². The second kappa shape index (κ2) is 9.09. The molecule has 114 valence electrons. The number of rotatable bonds is 6. The van der Waals surface area contributed by atoms with Gasteiger partial charge in [0.25, 0.3) is 11.8 Å². The molecule has 0 heterocycles. The summed E-state index contributed by atoms with van der Waals surface area (Å²) >= 11 is 3.25. The van der Waals surface area contributed by atoms with Crippen LogP contribution in [0.15, 0.2) is 28.7 Å². The number of nitrogens with one attached hydrogen (secondary N) is 2. The first-order valence-electron chi connectivity index (χ1n) is 6.11. The molecule has 2 amide bonds. The van der Waals surface area contributed by atoms with E-state index in [1.807, 2.05) is 0 Å². The molecule has 0 saturated carbocycles. The monoisotopic (exact) mass is 358 g/mol. The van der Waals surface area contributed by atoms with E-state index in [2.05, 4.69) is 31.5 Å². The number of carbonyl (C=O) groups excluding carboxylic acids is 3. The van der Waals surface area contributed by atoms with Gasteiger partial charge in [0.1, 0.15) is 6.61 Å². The highest BCUT2D eigenvalue weighted by molar-refractivity contribution is 9.10. The minimum atomic E-state index is -0.648. The van der Waals surface area contributed by atoms with Gasteiger partial charge in [-0.1, -0.05) is 15.9 Å². The molecule has 0 saturated heterocycles. The number of ether oxygens (including phenoxy) is 2. The van der Waals surface area contributed by atoms with Crippen LogP contribution in [0.25, 0.3) is 0 Å². The van der Waals surface area contributed by atoms with Crippen molar-refractivity contribution in [2.75, 3.05) is 19.8 Å². The molecule has 0 bridgehead atoms. The summed E-state index contributed by atoms with van der Waals surface area (Å²) in [4.78, 5) is 34.1. The first-order valence-corrected chi connectivity index (χ1v) is 6.90. The SMILES string of the molecule is CCOCC(=O)OCC(=O)NNC(=O)c1ccc(Br)cc1. The summed E-state index contributed by atoms with van der Waals surface area (Å²) in [6, 6.07) is 6.58.